The predicted molar refractivity (Wildman–Crippen MR) is 109 cm³/mol. The normalized spacial score (nSPS) is 17.6. The number of sulfonamides is 1. The number of benzene rings is 2. The molecule has 3 rings (SSSR count). The van der Waals surface area contributed by atoms with Crippen molar-refractivity contribution in [1.82, 2.24) is 4.31 Å². The predicted octanol–water partition coefficient (Wildman–Crippen LogP) is 3.90. The number of hydrogen-bond acceptors (Lipinski definition) is 4. The standard InChI is InChI=1S/C21H26N2O4S/c1-15(2)27-19-11-9-18(10-12-19)22-21(24)17-7-4-8-20(14-17)28(25,26)23-13-5-6-16(23)3/h4,7-12,14-16H,5-6,13H2,1-3H3,(H,22,24)/t16-/m0/s1. The van der Waals surface area contributed by atoms with Crippen LogP contribution < -0.4 is 10.1 Å². The molecule has 1 fully saturated rings. The van der Waals surface area contributed by atoms with E-state index in [9.17, 15) is 13.2 Å². The van der Waals surface area contributed by atoms with Crippen LogP contribution in [0.1, 0.15) is 44.0 Å². The van der Waals surface area contributed by atoms with E-state index in [4.69, 9.17) is 4.74 Å². The molecule has 1 atom stereocenters. The highest BCUT2D eigenvalue weighted by atomic mass is 32.2. The average Bonchev–Trinajstić information content (AvgIpc) is 3.10. The Hall–Kier alpha value is -2.38. The molecule has 0 aliphatic carbocycles. The van der Waals surface area contributed by atoms with E-state index in [1.54, 1.807) is 36.4 Å². The third kappa shape index (κ3) is 4.54. The van der Waals surface area contributed by atoms with E-state index in [2.05, 4.69) is 5.32 Å². The smallest absolute Gasteiger partial charge is 0.255 e. The third-order valence-corrected chi connectivity index (χ3v) is 6.69. The Morgan fingerprint density at radius 3 is 2.50 bits per heavy atom. The third-order valence-electron chi connectivity index (χ3n) is 4.68. The number of ether oxygens (including phenoxy) is 1. The van der Waals surface area contributed by atoms with Crippen molar-refractivity contribution in [2.45, 2.75) is 50.7 Å². The molecule has 7 heteroatoms. The Labute approximate surface area is 166 Å². The number of nitrogens with zero attached hydrogens (tertiary/aromatic N) is 1. The molecule has 1 saturated heterocycles. The van der Waals surface area contributed by atoms with Crippen LogP contribution in [0.15, 0.2) is 53.4 Å². The number of rotatable bonds is 6. The van der Waals surface area contributed by atoms with Gasteiger partial charge in [0.2, 0.25) is 10.0 Å². The summed E-state index contributed by atoms with van der Waals surface area (Å²) in [5.74, 6) is 0.366. The zero-order valence-corrected chi connectivity index (χ0v) is 17.2. The van der Waals surface area contributed by atoms with Crippen molar-refractivity contribution in [3.05, 3.63) is 54.1 Å². The van der Waals surface area contributed by atoms with E-state index in [0.29, 0.717) is 17.8 Å². The highest BCUT2D eigenvalue weighted by Crippen LogP contribution is 2.26. The van der Waals surface area contributed by atoms with Gasteiger partial charge in [-0.3, -0.25) is 4.79 Å². The first-order valence-corrected chi connectivity index (χ1v) is 10.9. The fraction of sp³-hybridized carbons (Fsp3) is 0.381. The Kier molecular flexibility index (Phi) is 6.05. The summed E-state index contributed by atoms with van der Waals surface area (Å²) in [6.45, 7) is 6.32. The molecule has 0 radical (unpaired) electrons. The Balaban J connectivity index is 1.75. The second kappa shape index (κ2) is 8.32. The largest absolute Gasteiger partial charge is 0.491 e. The number of amides is 1. The lowest BCUT2D eigenvalue weighted by Gasteiger charge is -2.21. The SMILES string of the molecule is CC(C)Oc1ccc(NC(=O)c2cccc(S(=O)(=O)N3CCC[C@@H]3C)c2)cc1. The van der Waals surface area contributed by atoms with Gasteiger partial charge in [0.05, 0.1) is 11.0 Å². The maximum absolute atomic E-state index is 12.9. The van der Waals surface area contributed by atoms with Gasteiger partial charge in [0.25, 0.3) is 5.91 Å². The van der Waals surface area contributed by atoms with Crippen molar-refractivity contribution in [3.63, 3.8) is 0 Å². The lowest BCUT2D eigenvalue weighted by atomic mass is 10.2. The number of anilines is 1. The van der Waals surface area contributed by atoms with Gasteiger partial charge in [-0.15, -0.1) is 0 Å². The van der Waals surface area contributed by atoms with Crippen LogP contribution in [0, 0.1) is 0 Å². The van der Waals surface area contributed by atoms with Crippen LogP contribution in [0.3, 0.4) is 0 Å². The lowest BCUT2D eigenvalue weighted by Crippen LogP contribution is -2.33. The summed E-state index contributed by atoms with van der Waals surface area (Å²) in [5.41, 5.74) is 0.915. The first-order chi connectivity index (χ1) is 13.3. The molecule has 0 aromatic heterocycles. The molecule has 1 amide bonds. The van der Waals surface area contributed by atoms with Crippen LogP contribution >= 0.6 is 0 Å². The van der Waals surface area contributed by atoms with E-state index in [-0.39, 0.29) is 22.9 Å². The molecule has 1 N–H and O–H groups in total. The Bertz CT molecular complexity index is 939. The summed E-state index contributed by atoms with van der Waals surface area (Å²) in [5, 5.41) is 2.79. The van der Waals surface area contributed by atoms with Gasteiger partial charge in [0.15, 0.2) is 0 Å². The first-order valence-electron chi connectivity index (χ1n) is 9.47. The minimum absolute atomic E-state index is 0.0194. The van der Waals surface area contributed by atoms with Gasteiger partial charge >= 0.3 is 0 Å². The maximum Gasteiger partial charge on any atom is 0.255 e. The number of carbonyl (C=O) groups is 1. The molecular formula is C21H26N2O4S. The van der Waals surface area contributed by atoms with E-state index < -0.39 is 10.0 Å². The number of hydrogen-bond donors (Lipinski definition) is 1. The number of carbonyl (C=O) groups excluding carboxylic acids is 1. The average molecular weight is 403 g/mol. The molecule has 2 aromatic rings. The lowest BCUT2D eigenvalue weighted by molar-refractivity contribution is 0.102. The molecule has 0 saturated carbocycles. The van der Waals surface area contributed by atoms with Crippen LogP contribution in [0.4, 0.5) is 5.69 Å². The minimum Gasteiger partial charge on any atom is -0.491 e. The summed E-state index contributed by atoms with van der Waals surface area (Å²) in [4.78, 5) is 12.7. The molecule has 0 bridgehead atoms. The topological polar surface area (TPSA) is 75.7 Å². The highest BCUT2D eigenvalue weighted by Gasteiger charge is 2.32. The summed E-state index contributed by atoms with van der Waals surface area (Å²) < 4.78 is 32.9. The van der Waals surface area contributed by atoms with Crippen LogP contribution in [0.25, 0.3) is 0 Å². The summed E-state index contributed by atoms with van der Waals surface area (Å²) >= 11 is 0. The quantitative estimate of drug-likeness (QED) is 0.795. The van der Waals surface area contributed by atoms with Crippen LogP contribution in [0.5, 0.6) is 5.75 Å². The molecule has 0 spiro atoms. The van der Waals surface area contributed by atoms with Crippen molar-refractivity contribution in [3.8, 4) is 5.75 Å². The van der Waals surface area contributed by atoms with Gasteiger partial charge < -0.3 is 10.1 Å². The number of nitrogens with one attached hydrogen (secondary N) is 1. The second-order valence-electron chi connectivity index (χ2n) is 7.28. The van der Waals surface area contributed by atoms with Gasteiger partial charge in [0.1, 0.15) is 5.75 Å². The van der Waals surface area contributed by atoms with Crippen molar-refractivity contribution in [2.75, 3.05) is 11.9 Å². The van der Waals surface area contributed by atoms with Gasteiger partial charge in [-0.25, -0.2) is 8.42 Å². The summed E-state index contributed by atoms with van der Waals surface area (Å²) in [6, 6.07) is 13.2. The van der Waals surface area contributed by atoms with Crippen molar-refractivity contribution in [2.24, 2.45) is 0 Å². The highest BCUT2D eigenvalue weighted by molar-refractivity contribution is 7.89. The van der Waals surface area contributed by atoms with E-state index in [1.165, 1.54) is 16.4 Å². The molecular weight excluding hydrogens is 376 g/mol. The molecule has 28 heavy (non-hydrogen) atoms. The molecule has 1 heterocycles. The van der Waals surface area contributed by atoms with E-state index in [1.807, 2.05) is 20.8 Å². The molecule has 1 aliphatic heterocycles. The van der Waals surface area contributed by atoms with Crippen LogP contribution in [-0.4, -0.2) is 37.3 Å². The minimum atomic E-state index is -3.60. The Morgan fingerprint density at radius 1 is 1.18 bits per heavy atom. The zero-order valence-electron chi connectivity index (χ0n) is 16.4. The zero-order chi connectivity index (χ0) is 20.3. The molecule has 0 unspecified atom stereocenters. The van der Waals surface area contributed by atoms with Crippen molar-refractivity contribution < 1.29 is 17.9 Å². The van der Waals surface area contributed by atoms with Crippen LogP contribution in [-0.2, 0) is 10.0 Å². The van der Waals surface area contributed by atoms with Gasteiger partial charge in [-0.05, 0) is 76.1 Å². The fourth-order valence-electron chi connectivity index (χ4n) is 3.29. The second-order valence-corrected chi connectivity index (χ2v) is 9.17. The van der Waals surface area contributed by atoms with Crippen molar-refractivity contribution >= 4 is 21.6 Å². The monoisotopic (exact) mass is 402 g/mol. The molecule has 6 nitrogen and oxygen atoms in total. The van der Waals surface area contributed by atoms with E-state index >= 15 is 0 Å². The maximum atomic E-state index is 12.9. The van der Waals surface area contributed by atoms with E-state index in [0.717, 1.165) is 18.6 Å². The Morgan fingerprint density at radius 2 is 1.89 bits per heavy atom. The van der Waals surface area contributed by atoms with Crippen molar-refractivity contribution in [1.29, 1.82) is 0 Å². The molecule has 150 valence electrons. The molecule has 1 aliphatic rings. The van der Waals surface area contributed by atoms with Gasteiger partial charge in [-0.1, -0.05) is 6.07 Å². The molecule has 2 aromatic carbocycles. The van der Waals surface area contributed by atoms with Gasteiger partial charge in [-0.2, -0.15) is 4.31 Å². The first kappa shape index (κ1) is 20.4. The summed E-state index contributed by atoms with van der Waals surface area (Å²) in [6.07, 6.45) is 1.79. The van der Waals surface area contributed by atoms with Crippen LogP contribution in [0.2, 0.25) is 0 Å². The summed E-state index contributed by atoms with van der Waals surface area (Å²) in [7, 11) is -3.60. The fourth-order valence-corrected chi connectivity index (χ4v) is 5.04. The van der Waals surface area contributed by atoms with Gasteiger partial charge in [0, 0.05) is 23.8 Å².